The highest BCUT2D eigenvalue weighted by Gasteiger charge is 2.50. The molecule has 5 aromatic rings. The third kappa shape index (κ3) is 10.1. The Morgan fingerprint density at radius 2 is 1.74 bits per heavy atom. The Bertz CT molecular complexity index is 2960. The van der Waals surface area contributed by atoms with Crippen LogP contribution in [0, 0.1) is 29.5 Å². The lowest BCUT2D eigenvalue weighted by Crippen LogP contribution is -2.49. The average molecular weight is 1020 g/mol. The van der Waals surface area contributed by atoms with Gasteiger partial charge in [0.15, 0.2) is 23.0 Å². The van der Waals surface area contributed by atoms with Crippen molar-refractivity contribution in [2.45, 2.75) is 107 Å². The zero-order valence-corrected chi connectivity index (χ0v) is 42.2. The smallest absolute Gasteiger partial charge is 0.329 e. The van der Waals surface area contributed by atoms with Crippen molar-refractivity contribution in [1.82, 2.24) is 25.3 Å². The standard InChI is InChI=1S/C56H63ClF2N8O6/c1-33-48-46(29-43(58)51(57)50(48)49-42(53(60)70)18-19-45(52(49)59)72-27-26-68)73-56(33,38-6-4-3-5-7-38)32-62-40-15-13-39(14-16-40)61-30-34-8-10-35(11-9-34)31-66-23-20-36(21-24-66)37-12-17-41-44(28-37)65(2)64-54(41)67-25-22-47(69)63-55(67)71/h3-7,12,17-19,28-29,33-36,39-40,62,68H,8-11,13-16,20-27,31-32H2,1-2H3,(H2-,60,63,69,70,71)/p+1/t33-,34?,35?,39?,40?,56-/m0/s1. The molecule has 4 amide bonds. The van der Waals surface area contributed by atoms with Crippen LogP contribution >= 0.6 is 11.6 Å². The number of carbonyl (C=O) groups excluding carboxylic acids is 3. The molecule has 3 aliphatic heterocycles. The Morgan fingerprint density at radius 1 is 0.986 bits per heavy atom. The Morgan fingerprint density at radius 3 is 2.45 bits per heavy atom. The van der Waals surface area contributed by atoms with Crippen LogP contribution in [0.25, 0.3) is 26.9 Å². The summed E-state index contributed by atoms with van der Waals surface area (Å²) in [5, 5.41) is 20.8. The number of aryl methyl sites for hydroxylation is 1. The number of anilines is 1. The molecule has 2 saturated heterocycles. The third-order valence-corrected chi connectivity index (χ3v) is 16.6. The molecule has 14 nitrogen and oxygen atoms in total. The normalized spacial score (nSPS) is 24.7. The van der Waals surface area contributed by atoms with E-state index in [1.54, 1.807) is 4.90 Å². The first-order valence-corrected chi connectivity index (χ1v) is 26.3. The van der Waals surface area contributed by atoms with Gasteiger partial charge in [-0.05, 0) is 112 Å². The number of likely N-dealkylation sites (tertiary alicyclic amines) is 1. The number of aromatic nitrogens is 2. The van der Waals surface area contributed by atoms with Crippen LogP contribution in [-0.2, 0) is 17.4 Å². The van der Waals surface area contributed by atoms with Crippen molar-refractivity contribution >= 4 is 46.2 Å². The number of hydrogen-bond donors (Lipinski definition) is 4. The molecule has 0 radical (unpaired) electrons. The second-order valence-electron chi connectivity index (χ2n) is 20.7. The molecule has 4 heterocycles. The zero-order valence-electron chi connectivity index (χ0n) is 41.5. The Labute approximate surface area is 429 Å². The summed E-state index contributed by atoms with van der Waals surface area (Å²) in [6, 6.07) is 23.5. The van der Waals surface area contributed by atoms with E-state index in [0.29, 0.717) is 42.2 Å². The van der Waals surface area contributed by atoms with E-state index in [2.05, 4.69) is 44.9 Å². The molecule has 5 N–H and O–H groups in total. The second-order valence-corrected chi connectivity index (χ2v) is 21.1. The summed E-state index contributed by atoms with van der Waals surface area (Å²) in [4.78, 5) is 46.3. The molecule has 0 unspecified atom stereocenters. The summed E-state index contributed by atoms with van der Waals surface area (Å²) < 4.78 is 46.4. The van der Waals surface area contributed by atoms with Crippen molar-refractivity contribution in [3.63, 3.8) is 0 Å². The van der Waals surface area contributed by atoms with Crippen molar-refractivity contribution in [3.8, 4) is 28.7 Å². The highest BCUT2D eigenvalue weighted by molar-refractivity contribution is 6.34. The predicted molar refractivity (Wildman–Crippen MR) is 276 cm³/mol. The van der Waals surface area contributed by atoms with Crippen LogP contribution in [0.4, 0.5) is 19.4 Å². The quantitative estimate of drug-likeness (QED) is 0.0898. The molecule has 0 bridgehead atoms. The van der Waals surface area contributed by atoms with Crippen LogP contribution in [-0.4, -0.2) is 95.7 Å². The van der Waals surface area contributed by atoms with Gasteiger partial charge < -0.3 is 30.5 Å². The van der Waals surface area contributed by atoms with Crippen LogP contribution < -0.4 is 30.7 Å². The molecule has 5 aliphatic rings. The number of aliphatic hydroxyl groups is 1. The van der Waals surface area contributed by atoms with Gasteiger partial charge in [0, 0.05) is 86.0 Å². The number of halogens is 3. The monoisotopic (exact) mass is 1020 g/mol. The average Bonchev–Trinajstić information content (AvgIpc) is 3.88. The largest absolute Gasteiger partial charge is 0.488 e. The number of primary amides is 1. The van der Waals surface area contributed by atoms with E-state index in [-0.39, 0.29) is 70.8 Å². The Hall–Kier alpha value is -6.12. The maximum atomic E-state index is 16.5. The van der Waals surface area contributed by atoms with Gasteiger partial charge in [0.1, 0.15) is 18.2 Å². The minimum atomic E-state index is -1.05. The molecule has 10 rings (SSSR count). The van der Waals surface area contributed by atoms with E-state index in [1.165, 1.54) is 36.6 Å². The second kappa shape index (κ2) is 21.4. The number of carbonyl (C=O) groups is 3. The maximum Gasteiger partial charge on any atom is 0.329 e. The van der Waals surface area contributed by atoms with Gasteiger partial charge in [0.2, 0.25) is 11.8 Å². The van der Waals surface area contributed by atoms with E-state index in [9.17, 15) is 19.5 Å². The highest BCUT2D eigenvalue weighted by Crippen LogP contribution is 2.56. The van der Waals surface area contributed by atoms with Gasteiger partial charge in [-0.25, -0.2) is 13.6 Å². The maximum absolute atomic E-state index is 16.5. The van der Waals surface area contributed by atoms with Gasteiger partial charge in [-0.15, -0.1) is 0 Å². The number of ether oxygens (including phenoxy) is 2. The molecule has 1 aromatic heterocycles. The number of hydrogen-bond acceptors (Lipinski definition) is 9. The minimum Gasteiger partial charge on any atom is -0.488 e. The van der Waals surface area contributed by atoms with Crippen molar-refractivity contribution in [2.75, 3.05) is 50.8 Å². The van der Waals surface area contributed by atoms with Crippen LogP contribution in [0.1, 0.15) is 116 Å². The summed E-state index contributed by atoms with van der Waals surface area (Å²) in [6.07, 6.45) is 10.7. The Kier molecular flexibility index (Phi) is 14.8. The molecule has 0 spiro atoms. The first-order chi connectivity index (χ1) is 35.3. The molecule has 73 heavy (non-hydrogen) atoms. The summed E-state index contributed by atoms with van der Waals surface area (Å²) in [7, 11) is 1.91. The molecule has 17 heteroatoms. The number of benzene rings is 4. The Balaban J connectivity index is 0.721. The van der Waals surface area contributed by atoms with Crippen LogP contribution in [0.15, 0.2) is 66.7 Å². The summed E-state index contributed by atoms with van der Waals surface area (Å²) in [5.74, 6) is -1.39. The fourth-order valence-corrected chi connectivity index (χ4v) is 12.4. The van der Waals surface area contributed by atoms with Crippen LogP contribution in [0.3, 0.4) is 0 Å². The molecule has 2 aliphatic carbocycles. The highest BCUT2D eigenvalue weighted by atomic mass is 35.5. The first kappa shape index (κ1) is 50.4. The van der Waals surface area contributed by atoms with E-state index in [4.69, 9.17) is 31.7 Å². The molecule has 2 atom stereocenters. The van der Waals surface area contributed by atoms with Crippen molar-refractivity contribution in [3.05, 3.63) is 110 Å². The van der Waals surface area contributed by atoms with E-state index >= 15 is 8.78 Å². The first-order valence-electron chi connectivity index (χ1n) is 25.9. The summed E-state index contributed by atoms with van der Waals surface area (Å²) >= 11 is 6.73. The number of nitrogens with one attached hydrogen (secondary N) is 2. The molecule has 2 saturated carbocycles. The predicted octanol–water partition coefficient (Wildman–Crippen LogP) is 9.40. The summed E-state index contributed by atoms with van der Waals surface area (Å²) in [5.41, 5.74) is 7.81. The lowest BCUT2D eigenvalue weighted by Gasteiger charge is -2.36. The number of nitrogens with two attached hydrogens (primary N) is 1. The number of piperidine rings is 1. The van der Waals surface area contributed by atoms with Gasteiger partial charge in [-0.2, -0.15) is 5.10 Å². The number of fused-ring (bicyclic) bond motifs is 2. The molecule has 4 fully saturated rings. The zero-order chi connectivity index (χ0) is 51.0. The lowest BCUT2D eigenvalue weighted by atomic mass is 9.77. The van der Waals surface area contributed by atoms with Gasteiger partial charge in [-0.1, -0.05) is 59.8 Å². The number of imide groups is 1. The van der Waals surface area contributed by atoms with Crippen molar-refractivity contribution in [2.24, 2.45) is 24.6 Å². The number of rotatable bonds is 13. The minimum absolute atomic E-state index is 0.0240. The molecular formula is C56H64ClF2N8O6+. The van der Waals surface area contributed by atoms with Gasteiger partial charge in [-0.3, -0.25) is 24.5 Å². The lowest BCUT2D eigenvalue weighted by molar-refractivity contribution is -0.120. The third-order valence-electron chi connectivity index (χ3n) is 16.3. The van der Waals surface area contributed by atoms with Gasteiger partial charge in [0.05, 0.1) is 28.6 Å². The van der Waals surface area contributed by atoms with Gasteiger partial charge >= 0.3 is 6.03 Å². The number of amides is 4. The molecular weight excluding hydrogens is 954 g/mol. The number of nitrogens with zero attached hydrogens (tertiary/aromatic N) is 5. The van der Waals surface area contributed by atoms with E-state index < -0.39 is 35.1 Å². The number of aliphatic hydroxyl groups excluding tert-OH is 1. The summed E-state index contributed by atoms with van der Waals surface area (Å²) in [6.45, 7) is 5.35. The van der Waals surface area contributed by atoms with E-state index in [0.717, 1.165) is 87.5 Å². The van der Waals surface area contributed by atoms with Crippen LogP contribution in [0.2, 0.25) is 5.02 Å². The SMILES string of the molecule is C[C@H]1c2c(cc(F)c(Cl)c2-c2c(C(N)=O)ccc(OCCO)c2F)O[C@]1(CNC1CCC([N+]#CC2CCC(CN3CCC(c4ccc5c(N6CCC(=O)NC6=O)nn(C)c5c4)CC3)CC2)CC1)c1ccccc1. The number of urea groups is 1. The van der Waals surface area contributed by atoms with Gasteiger partial charge in [0.25, 0.3) is 12.1 Å². The topological polar surface area (TPSA) is 169 Å². The fraction of sp³-hybridized carbons (Fsp3) is 0.482. The molecule has 4 aromatic carbocycles. The fourth-order valence-electron chi connectivity index (χ4n) is 12.2. The van der Waals surface area contributed by atoms with Crippen LogP contribution in [0.5, 0.6) is 11.5 Å². The van der Waals surface area contributed by atoms with E-state index in [1.807, 2.05) is 49.0 Å². The van der Waals surface area contributed by atoms with Crippen molar-refractivity contribution < 1.29 is 37.7 Å². The molecule has 384 valence electrons. The van der Waals surface area contributed by atoms with Crippen molar-refractivity contribution in [1.29, 1.82) is 0 Å².